The average molecular weight is 452 g/mol. The Labute approximate surface area is 165 Å². The monoisotopic (exact) mass is 452 g/mol. The fraction of sp³-hybridized carbons (Fsp3) is 0.316. The van der Waals surface area contributed by atoms with E-state index < -0.39 is 0 Å². The number of halogens is 1. The lowest BCUT2D eigenvalue weighted by molar-refractivity contribution is 0.550. The molecule has 2 N–H and O–H groups in total. The fourth-order valence-electron chi connectivity index (χ4n) is 2.60. The quantitative estimate of drug-likeness (QED) is 0.327. The van der Waals surface area contributed by atoms with E-state index in [1.807, 2.05) is 30.3 Å². The molecule has 25 heavy (non-hydrogen) atoms. The van der Waals surface area contributed by atoms with Gasteiger partial charge in [0.05, 0.1) is 0 Å². The minimum atomic E-state index is 0. The van der Waals surface area contributed by atoms with Crippen molar-refractivity contribution in [1.29, 1.82) is 0 Å². The van der Waals surface area contributed by atoms with Crippen LogP contribution in [0.25, 0.3) is 11.0 Å². The van der Waals surface area contributed by atoms with Crippen LogP contribution >= 0.6 is 24.0 Å². The number of aromatic nitrogens is 1. The molecule has 6 heteroatoms. The van der Waals surface area contributed by atoms with Gasteiger partial charge in [0.15, 0.2) is 5.96 Å². The van der Waals surface area contributed by atoms with Crippen molar-refractivity contribution < 1.29 is 4.42 Å². The molecule has 0 radical (unpaired) electrons. The van der Waals surface area contributed by atoms with E-state index in [9.17, 15) is 0 Å². The number of hydrogen-bond acceptors (Lipinski definition) is 2. The van der Waals surface area contributed by atoms with E-state index in [1.54, 1.807) is 0 Å². The molecule has 134 valence electrons. The van der Waals surface area contributed by atoms with Crippen LogP contribution in [0.5, 0.6) is 0 Å². The van der Waals surface area contributed by atoms with Crippen LogP contribution in [0.2, 0.25) is 0 Å². The summed E-state index contributed by atoms with van der Waals surface area (Å²) in [5, 5.41) is 7.78. The third kappa shape index (κ3) is 5.81. The van der Waals surface area contributed by atoms with Gasteiger partial charge in [0.1, 0.15) is 11.3 Å². The van der Waals surface area contributed by atoms with Crippen molar-refractivity contribution >= 4 is 40.9 Å². The summed E-state index contributed by atoms with van der Waals surface area (Å²) in [5.41, 5.74) is 0.938. The van der Waals surface area contributed by atoms with Crippen LogP contribution in [0.15, 0.2) is 64.3 Å². The zero-order valence-electron chi connectivity index (χ0n) is 14.4. The summed E-state index contributed by atoms with van der Waals surface area (Å²) in [6.45, 7) is 5.37. The van der Waals surface area contributed by atoms with E-state index >= 15 is 0 Å². The Morgan fingerprint density at radius 2 is 1.92 bits per heavy atom. The van der Waals surface area contributed by atoms with Crippen molar-refractivity contribution in [2.24, 2.45) is 4.99 Å². The van der Waals surface area contributed by atoms with E-state index in [1.165, 1.54) is 0 Å². The lowest BCUT2D eigenvalue weighted by atomic mass is 10.2. The first-order valence-corrected chi connectivity index (χ1v) is 8.45. The molecular weight excluding hydrogens is 427 g/mol. The Balaban J connectivity index is 0.00000225. The summed E-state index contributed by atoms with van der Waals surface area (Å²) in [6.07, 6.45) is 4.92. The smallest absolute Gasteiger partial charge is 0.191 e. The molecule has 2 heterocycles. The molecule has 2 aromatic heterocycles. The van der Waals surface area contributed by atoms with Crippen LogP contribution < -0.4 is 10.6 Å². The standard InChI is InChI=1S/C19H24N4O.HI/c1-2-20-19(22-11-14-23-12-5-6-13-23)21-10-9-17-15-16-7-3-4-8-18(16)24-17;/h3-8,12-13,15H,2,9-11,14H2,1H3,(H2,20,21,22);1H. The van der Waals surface area contributed by atoms with Gasteiger partial charge in [-0.05, 0) is 31.2 Å². The molecule has 0 aliphatic rings. The van der Waals surface area contributed by atoms with Crippen molar-refractivity contribution in [2.45, 2.75) is 19.9 Å². The van der Waals surface area contributed by atoms with Gasteiger partial charge in [0.2, 0.25) is 0 Å². The van der Waals surface area contributed by atoms with E-state index in [-0.39, 0.29) is 24.0 Å². The van der Waals surface area contributed by atoms with Gasteiger partial charge in [-0.15, -0.1) is 24.0 Å². The van der Waals surface area contributed by atoms with Gasteiger partial charge in [-0.1, -0.05) is 18.2 Å². The minimum absolute atomic E-state index is 0. The first-order valence-electron chi connectivity index (χ1n) is 8.45. The number of benzene rings is 1. The first kappa shape index (κ1) is 19.4. The zero-order valence-corrected chi connectivity index (χ0v) is 16.8. The molecule has 0 spiro atoms. The predicted molar refractivity (Wildman–Crippen MR) is 114 cm³/mol. The number of furan rings is 1. The largest absolute Gasteiger partial charge is 0.461 e. The molecule has 0 aliphatic carbocycles. The molecule has 0 saturated carbocycles. The summed E-state index contributed by atoms with van der Waals surface area (Å²) < 4.78 is 7.97. The van der Waals surface area contributed by atoms with E-state index in [0.717, 1.165) is 48.7 Å². The summed E-state index contributed by atoms with van der Waals surface area (Å²) in [6, 6.07) is 14.2. The van der Waals surface area contributed by atoms with Gasteiger partial charge in [-0.25, -0.2) is 0 Å². The molecule has 0 saturated heterocycles. The lowest BCUT2D eigenvalue weighted by Crippen LogP contribution is -2.39. The number of nitrogens with zero attached hydrogens (tertiary/aromatic N) is 2. The maximum atomic E-state index is 5.83. The number of hydrogen-bond donors (Lipinski definition) is 2. The van der Waals surface area contributed by atoms with Crippen molar-refractivity contribution in [3.63, 3.8) is 0 Å². The van der Waals surface area contributed by atoms with Crippen LogP contribution in [-0.4, -0.2) is 30.2 Å². The number of fused-ring (bicyclic) bond motifs is 1. The van der Waals surface area contributed by atoms with Gasteiger partial charge in [0.25, 0.3) is 0 Å². The lowest BCUT2D eigenvalue weighted by Gasteiger charge is -2.11. The Hall–Kier alpha value is -1.96. The maximum absolute atomic E-state index is 5.83. The van der Waals surface area contributed by atoms with Crippen LogP contribution in [0.1, 0.15) is 12.7 Å². The van der Waals surface area contributed by atoms with Gasteiger partial charge < -0.3 is 19.6 Å². The highest BCUT2D eigenvalue weighted by molar-refractivity contribution is 14.0. The Morgan fingerprint density at radius 1 is 1.12 bits per heavy atom. The third-order valence-electron chi connectivity index (χ3n) is 3.78. The average Bonchev–Trinajstić information content (AvgIpc) is 3.23. The van der Waals surface area contributed by atoms with Crippen molar-refractivity contribution in [3.05, 3.63) is 60.6 Å². The fourth-order valence-corrected chi connectivity index (χ4v) is 2.60. The molecule has 5 nitrogen and oxygen atoms in total. The maximum Gasteiger partial charge on any atom is 0.191 e. The Kier molecular flexibility index (Phi) is 7.84. The van der Waals surface area contributed by atoms with Crippen molar-refractivity contribution in [3.8, 4) is 0 Å². The van der Waals surface area contributed by atoms with Crippen LogP contribution in [0.4, 0.5) is 0 Å². The molecule has 1 aromatic carbocycles. The number of rotatable bonds is 7. The van der Waals surface area contributed by atoms with E-state index in [2.05, 4.69) is 51.6 Å². The summed E-state index contributed by atoms with van der Waals surface area (Å²) in [7, 11) is 0. The first-order chi connectivity index (χ1) is 11.8. The highest BCUT2D eigenvalue weighted by Gasteiger charge is 2.03. The van der Waals surface area contributed by atoms with Crippen LogP contribution in [0, 0.1) is 0 Å². The molecular formula is C19H25IN4O. The molecule has 3 rings (SSSR count). The van der Waals surface area contributed by atoms with Gasteiger partial charge in [-0.2, -0.15) is 0 Å². The molecule has 0 fully saturated rings. The van der Waals surface area contributed by atoms with Crippen LogP contribution in [0.3, 0.4) is 0 Å². The number of aliphatic imine (C=N–C) groups is 1. The van der Waals surface area contributed by atoms with Gasteiger partial charge in [-0.3, -0.25) is 4.99 Å². The second-order valence-corrected chi connectivity index (χ2v) is 5.61. The summed E-state index contributed by atoms with van der Waals surface area (Å²) in [5.74, 6) is 1.82. The molecule has 0 amide bonds. The molecule has 0 unspecified atom stereocenters. The topological polar surface area (TPSA) is 54.5 Å². The highest BCUT2D eigenvalue weighted by atomic mass is 127. The second-order valence-electron chi connectivity index (χ2n) is 5.61. The molecule has 0 aliphatic heterocycles. The van der Waals surface area contributed by atoms with Crippen LogP contribution in [-0.2, 0) is 13.0 Å². The SMILES string of the molecule is CCNC(=NCCc1cc2ccccc2o1)NCCn1cccc1.I. The molecule has 0 bridgehead atoms. The zero-order chi connectivity index (χ0) is 16.6. The van der Waals surface area contributed by atoms with Crippen molar-refractivity contribution in [2.75, 3.05) is 19.6 Å². The summed E-state index contributed by atoms with van der Waals surface area (Å²) >= 11 is 0. The normalized spacial score (nSPS) is 11.3. The van der Waals surface area contributed by atoms with E-state index in [0.29, 0.717) is 6.54 Å². The number of para-hydroxylation sites is 1. The highest BCUT2D eigenvalue weighted by Crippen LogP contribution is 2.18. The van der Waals surface area contributed by atoms with E-state index in [4.69, 9.17) is 4.42 Å². The minimum Gasteiger partial charge on any atom is -0.461 e. The Morgan fingerprint density at radius 3 is 2.68 bits per heavy atom. The van der Waals surface area contributed by atoms with Gasteiger partial charge >= 0.3 is 0 Å². The number of nitrogens with one attached hydrogen (secondary N) is 2. The van der Waals surface area contributed by atoms with Crippen molar-refractivity contribution in [1.82, 2.24) is 15.2 Å². The Bertz CT molecular complexity index is 747. The summed E-state index contributed by atoms with van der Waals surface area (Å²) in [4.78, 5) is 4.62. The molecule has 0 atom stereocenters. The third-order valence-corrected chi connectivity index (χ3v) is 3.78. The molecule has 3 aromatic rings. The number of guanidine groups is 1. The van der Waals surface area contributed by atoms with Gasteiger partial charge in [0, 0.05) is 50.4 Å². The predicted octanol–water partition coefficient (Wildman–Crippen LogP) is 3.65. The second kappa shape index (κ2) is 10.1.